The highest BCUT2D eigenvalue weighted by molar-refractivity contribution is 5.66. The summed E-state index contributed by atoms with van der Waals surface area (Å²) in [6.07, 6.45) is 5.55. The van der Waals surface area contributed by atoms with Crippen LogP contribution in [0.4, 0.5) is 0 Å². The maximum absolute atomic E-state index is 10.8. The molecule has 0 amide bonds. The molecule has 122 valence electrons. The number of benzene rings is 3. The molecule has 0 aliphatic heterocycles. The van der Waals surface area contributed by atoms with Gasteiger partial charge in [0.25, 0.3) is 0 Å². The summed E-state index contributed by atoms with van der Waals surface area (Å²) in [5.74, 6) is -0.00732. The largest absolute Gasteiger partial charge is 0.387 e. The lowest BCUT2D eigenvalue weighted by molar-refractivity contribution is 0.160. The van der Waals surface area contributed by atoms with E-state index in [1.54, 1.807) is 0 Å². The van der Waals surface area contributed by atoms with Crippen molar-refractivity contribution in [2.24, 2.45) is 0 Å². The summed E-state index contributed by atoms with van der Waals surface area (Å²) in [6.45, 7) is 3.79. The molecular weight excluding hydrogens is 304 g/mol. The molecule has 3 aromatic rings. The Hall–Kier alpha value is -2.90. The van der Waals surface area contributed by atoms with Crippen LogP contribution in [-0.4, -0.2) is 5.11 Å². The van der Waals surface area contributed by atoms with Crippen molar-refractivity contribution in [3.8, 4) is 11.1 Å². The molecule has 0 heterocycles. The molecule has 4 rings (SSSR count). The SMILES string of the molecule is C=Cc1ccc(-c2ccc(C3C=Cc4ccccc4C3O)cc2)cc1. The summed E-state index contributed by atoms with van der Waals surface area (Å²) in [5.41, 5.74) is 6.71. The lowest BCUT2D eigenvalue weighted by atomic mass is 9.82. The minimum atomic E-state index is -0.501. The van der Waals surface area contributed by atoms with Crippen LogP contribution in [0.2, 0.25) is 0 Å². The van der Waals surface area contributed by atoms with Crippen LogP contribution in [0.15, 0.2) is 85.5 Å². The van der Waals surface area contributed by atoms with Gasteiger partial charge in [0, 0.05) is 5.92 Å². The second kappa shape index (κ2) is 6.54. The molecule has 2 unspecified atom stereocenters. The van der Waals surface area contributed by atoms with Gasteiger partial charge in [-0.2, -0.15) is 0 Å². The van der Waals surface area contributed by atoms with Gasteiger partial charge in [0.2, 0.25) is 0 Å². The Morgan fingerprint density at radius 1 is 0.800 bits per heavy atom. The number of fused-ring (bicyclic) bond motifs is 1. The first-order chi connectivity index (χ1) is 12.3. The Morgan fingerprint density at radius 3 is 2.12 bits per heavy atom. The van der Waals surface area contributed by atoms with Gasteiger partial charge in [0.05, 0.1) is 6.10 Å². The number of rotatable bonds is 3. The van der Waals surface area contributed by atoms with E-state index in [9.17, 15) is 5.11 Å². The molecule has 0 fully saturated rings. The number of aliphatic hydroxyl groups excluding tert-OH is 1. The average Bonchev–Trinajstić information content (AvgIpc) is 2.69. The van der Waals surface area contributed by atoms with E-state index in [1.165, 1.54) is 11.1 Å². The molecule has 0 saturated heterocycles. The summed E-state index contributed by atoms with van der Waals surface area (Å²) in [4.78, 5) is 0. The highest BCUT2D eigenvalue weighted by Crippen LogP contribution is 2.38. The second-order valence-electron chi connectivity index (χ2n) is 6.41. The molecule has 0 radical (unpaired) electrons. The quantitative estimate of drug-likeness (QED) is 0.641. The van der Waals surface area contributed by atoms with Gasteiger partial charge < -0.3 is 5.11 Å². The predicted octanol–water partition coefficient (Wildman–Crippen LogP) is 5.84. The third kappa shape index (κ3) is 2.95. The molecular formula is C24H20O. The Morgan fingerprint density at radius 2 is 1.44 bits per heavy atom. The molecule has 25 heavy (non-hydrogen) atoms. The monoisotopic (exact) mass is 324 g/mol. The topological polar surface area (TPSA) is 20.2 Å². The van der Waals surface area contributed by atoms with E-state index in [0.717, 1.165) is 22.3 Å². The van der Waals surface area contributed by atoms with Crippen molar-refractivity contribution < 1.29 is 5.11 Å². The van der Waals surface area contributed by atoms with E-state index in [1.807, 2.05) is 30.3 Å². The van der Waals surface area contributed by atoms with E-state index in [2.05, 4.69) is 67.3 Å². The van der Waals surface area contributed by atoms with Crippen LogP contribution < -0.4 is 0 Å². The lowest BCUT2D eigenvalue weighted by Gasteiger charge is -2.26. The molecule has 3 aromatic carbocycles. The third-order valence-electron chi connectivity index (χ3n) is 4.91. The third-order valence-corrected chi connectivity index (χ3v) is 4.91. The number of aliphatic hydroxyl groups is 1. The van der Waals surface area contributed by atoms with Gasteiger partial charge in [0.1, 0.15) is 0 Å². The van der Waals surface area contributed by atoms with Gasteiger partial charge in [-0.05, 0) is 33.4 Å². The van der Waals surface area contributed by atoms with Crippen LogP contribution in [0, 0.1) is 0 Å². The molecule has 0 saturated carbocycles. The maximum atomic E-state index is 10.8. The van der Waals surface area contributed by atoms with Crippen LogP contribution in [0.25, 0.3) is 23.3 Å². The van der Waals surface area contributed by atoms with Crippen molar-refractivity contribution in [1.82, 2.24) is 0 Å². The molecule has 1 heteroatoms. The molecule has 1 aliphatic rings. The number of hydrogen-bond donors (Lipinski definition) is 1. The van der Waals surface area contributed by atoms with Crippen LogP contribution in [0.3, 0.4) is 0 Å². The standard InChI is InChI=1S/C24H20O/c1-2-17-7-9-18(10-8-17)19-11-13-21(14-12-19)23-16-15-20-5-3-4-6-22(20)24(23)25/h2-16,23-25H,1H2. The van der Waals surface area contributed by atoms with E-state index in [0.29, 0.717) is 0 Å². The first-order valence-corrected chi connectivity index (χ1v) is 8.54. The molecule has 2 atom stereocenters. The maximum Gasteiger partial charge on any atom is 0.0899 e. The van der Waals surface area contributed by atoms with Gasteiger partial charge >= 0.3 is 0 Å². The first-order valence-electron chi connectivity index (χ1n) is 8.54. The molecule has 0 aromatic heterocycles. The van der Waals surface area contributed by atoms with Gasteiger partial charge in [-0.15, -0.1) is 0 Å². The van der Waals surface area contributed by atoms with Gasteiger partial charge in [-0.3, -0.25) is 0 Å². The van der Waals surface area contributed by atoms with Gasteiger partial charge in [-0.25, -0.2) is 0 Å². The fraction of sp³-hybridized carbons (Fsp3) is 0.0833. The zero-order valence-corrected chi connectivity index (χ0v) is 14.0. The Kier molecular flexibility index (Phi) is 4.09. The van der Waals surface area contributed by atoms with E-state index in [4.69, 9.17) is 0 Å². The summed E-state index contributed by atoms with van der Waals surface area (Å²) in [6, 6.07) is 24.9. The van der Waals surface area contributed by atoms with Crippen molar-refractivity contribution in [3.63, 3.8) is 0 Å². The minimum Gasteiger partial charge on any atom is -0.387 e. The highest BCUT2D eigenvalue weighted by Gasteiger charge is 2.25. The first kappa shape index (κ1) is 15.6. The van der Waals surface area contributed by atoms with Crippen molar-refractivity contribution in [2.75, 3.05) is 0 Å². The molecule has 1 N–H and O–H groups in total. The van der Waals surface area contributed by atoms with E-state index < -0.39 is 6.10 Å². The number of hydrogen-bond acceptors (Lipinski definition) is 1. The molecule has 1 nitrogen and oxygen atoms in total. The van der Waals surface area contributed by atoms with Crippen LogP contribution in [0.1, 0.15) is 34.3 Å². The Balaban J connectivity index is 1.61. The van der Waals surface area contributed by atoms with Crippen LogP contribution in [0.5, 0.6) is 0 Å². The van der Waals surface area contributed by atoms with Crippen molar-refractivity contribution >= 4 is 12.2 Å². The zero-order chi connectivity index (χ0) is 17.2. The smallest absolute Gasteiger partial charge is 0.0899 e. The summed E-state index contributed by atoms with van der Waals surface area (Å²) in [5, 5.41) is 10.8. The summed E-state index contributed by atoms with van der Waals surface area (Å²) >= 11 is 0. The van der Waals surface area contributed by atoms with Crippen molar-refractivity contribution in [1.29, 1.82) is 0 Å². The van der Waals surface area contributed by atoms with E-state index >= 15 is 0 Å². The lowest BCUT2D eigenvalue weighted by Crippen LogP contribution is -2.13. The predicted molar refractivity (Wildman–Crippen MR) is 105 cm³/mol. The molecule has 1 aliphatic carbocycles. The van der Waals surface area contributed by atoms with Gasteiger partial charge in [0.15, 0.2) is 0 Å². The fourth-order valence-electron chi connectivity index (χ4n) is 3.44. The van der Waals surface area contributed by atoms with Crippen molar-refractivity contribution in [3.05, 3.63) is 108 Å². The second-order valence-corrected chi connectivity index (χ2v) is 6.41. The zero-order valence-electron chi connectivity index (χ0n) is 14.0. The van der Waals surface area contributed by atoms with Crippen molar-refractivity contribution in [2.45, 2.75) is 12.0 Å². The molecule has 0 bridgehead atoms. The highest BCUT2D eigenvalue weighted by atomic mass is 16.3. The molecule has 0 spiro atoms. The average molecular weight is 324 g/mol. The van der Waals surface area contributed by atoms with E-state index in [-0.39, 0.29) is 5.92 Å². The minimum absolute atomic E-state index is 0.00732. The fourth-order valence-corrected chi connectivity index (χ4v) is 3.44. The summed E-state index contributed by atoms with van der Waals surface area (Å²) < 4.78 is 0. The summed E-state index contributed by atoms with van der Waals surface area (Å²) in [7, 11) is 0. The van der Waals surface area contributed by atoms with Crippen LogP contribution in [-0.2, 0) is 0 Å². The normalized spacial score (nSPS) is 18.6. The van der Waals surface area contributed by atoms with Gasteiger partial charge in [-0.1, -0.05) is 97.6 Å². The van der Waals surface area contributed by atoms with Crippen LogP contribution >= 0.6 is 0 Å². The Bertz CT molecular complexity index is 917. The Labute approximate surface area is 148 Å².